The van der Waals surface area contributed by atoms with Gasteiger partial charge in [-0.1, -0.05) is 43.7 Å². The largest absolute Gasteiger partial charge is 0.465 e. The lowest BCUT2D eigenvalue weighted by atomic mass is 10.0. The van der Waals surface area contributed by atoms with Gasteiger partial charge >= 0.3 is 5.97 Å². The van der Waals surface area contributed by atoms with Gasteiger partial charge in [0.1, 0.15) is 12.9 Å². The number of benzene rings is 1. The van der Waals surface area contributed by atoms with Gasteiger partial charge in [-0.05, 0) is 24.8 Å². The van der Waals surface area contributed by atoms with E-state index in [1.54, 1.807) is 0 Å². The maximum absolute atomic E-state index is 11.7. The maximum atomic E-state index is 11.7. The second-order valence-corrected chi connectivity index (χ2v) is 5.87. The minimum atomic E-state index is -0.378. The first-order valence-electron chi connectivity index (χ1n) is 7.51. The highest BCUT2D eigenvalue weighted by Crippen LogP contribution is 2.15. The molecule has 0 amide bonds. The minimum absolute atomic E-state index is 0.122. The van der Waals surface area contributed by atoms with E-state index < -0.39 is 0 Å². The van der Waals surface area contributed by atoms with E-state index in [2.05, 4.69) is 19.6 Å². The molecule has 0 bridgehead atoms. The lowest BCUT2D eigenvalue weighted by Crippen LogP contribution is -2.14. The van der Waals surface area contributed by atoms with Crippen LogP contribution in [0.1, 0.15) is 50.5 Å². The van der Waals surface area contributed by atoms with Crippen LogP contribution in [0.2, 0.25) is 0 Å². The summed E-state index contributed by atoms with van der Waals surface area (Å²) in [5.74, 6) is -0.609. The third-order valence-corrected chi connectivity index (χ3v) is 4.08. The Balaban J connectivity index is 2.24. The zero-order valence-electron chi connectivity index (χ0n) is 12.5. The molecule has 0 radical (unpaired) electrons. The van der Waals surface area contributed by atoms with E-state index in [-0.39, 0.29) is 18.5 Å². The van der Waals surface area contributed by atoms with E-state index >= 15 is 0 Å². The SMILES string of the molecule is CCC(S)CCCCC(=O)OCC(C=O)c1ccccc1. The molecule has 0 aliphatic rings. The van der Waals surface area contributed by atoms with Crippen LogP contribution < -0.4 is 0 Å². The summed E-state index contributed by atoms with van der Waals surface area (Å²) in [5, 5.41) is 0.415. The molecule has 0 aliphatic carbocycles. The highest BCUT2D eigenvalue weighted by atomic mass is 32.1. The molecule has 0 heterocycles. The van der Waals surface area contributed by atoms with Crippen LogP contribution in [0.15, 0.2) is 30.3 Å². The molecule has 0 saturated heterocycles. The standard InChI is InChI=1S/C17H24O3S/c1-2-16(21)10-6-7-11-17(19)20-13-15(12-18)14-8-4-3-5-9-14/h3-5,8-9,12,15-16,21H,2,6-7,10-11,13H2,1H3. The quantitative estimate of drug-likeness (QED) is 0.309. The van der Waals surface area contributed by atoms with Crippen molar-refractivity contribution >= 4 is 24.9 Å². The summed E-state index contributed by atoms with van der Waals surface area (Å²) in [6, 6.07) is 9.36. The Morgan fingerprint density at radius 1 is 1.29 bits per heavy atom. The van der Waals surface area contributed by atoms with Crippen LogP contribution in [0.25, 0.3) is 0 Å². The number of carbonyl (C=O) groups excluding carboxylic acids is 2. The molecule has 2 atom stereocenters. The van der Waals surface area contributed by atoms with Crippen molar-refractivity contribution in [1.82, 2.24) is 0 Å². The van der Waals surface area contributed by atoms with Gasteiger partial charge in [0.15, 0.2) is 0 Å². The summed E-state index contributed by atoms with van der Waals surface area (Å²) in [7, 11) is 0. The molecule has 0 saturated carbocycles. The van der Waals surface area contributed by atoms with Crippen LogP contribution in [0.5, 0.6) is 0 Å². The lowest BCUT2D eigenvalue weighted by molar-refractivity contribution is -0.144. The molecular weight excluding hydrogens is 284 g/mol. The van der Waals surface area contributed by atoms with Crippen LogP contribution in [0.4, 0.5) is 0 Å². The van der Waals surface area contributed by atoms with Gasteiger partial charge in [0.05, 0.1) is 5.92 Å². The highest BCUT2D eigenvalue weighted by molar-refractivity contribution is 7.80. The Bertz CT molecular complexity index is 419. The molecular formula is C17H24O3S. The molecule has 0 aromatic heterocycles. The summed E-state index contributed by atoms with van der Waals surface area (Å²) in [6.07, 6.45) is 5.10. The number of carbonyl (C=O) groups is 2. The molecule has 0 fully saturated rings. The maximum Gasteiger partial charge on any atom is 0.305 e. The summed E-state index contributed by atoms with van der Waals surface area (Å²) in [5.41, 5.74) is 0.876. The Labute approximate surface area is 132 Å². The molecule has 21 heavy (non-hydrogen) atoms. The van der Waals surface area contributed by atoms with Crippen molar-refractivity contribution in [2.24, 2.45) is 0 Å². The fraction of sp³-hybridized carbons (Fsp3) is 0.529. The molecule has 2 unspecified atom stereocenters. The number of thiol groups is 1. The smallest absolute Gasteiger partial charge is 0.305 e. The van der Waals surface area contributed by atoms with Gasteiger partial charge in [0, 0.05) is 11.7 Å². The van der Waals surface area contributed by atoms with Gasteiger partial charge in [-0.15, -0.1) is 0 Å². The molecule has 0 aliphatic heterocycles. The van der Waals surface area contributed by atoms with Gasteiger partial charge in [-0.2, -0.15) is 12.6 Å². The van der Waals surface area contributed by atoms with E-state index in [9.17, 15) is 9.59 Å². The molecule has 116 valence electrons. The number of hydrogen-bond acceptors (Lipinski definition) is 4. The number of esters is 1. The van der Waals surface area contributed by atoms with E-state index in [0.29, 0.717) is 11.7 Å². The van der Waals surface area contributed by atoms with Crippen molar-refractivity contribution in [3.63, 3.8) is 0 Å². The Morgan fingerprint density at radius 3 is 2.62 bits per heavy atom. The average Bonchev–Trinajstić information content (AvgIpc) is 2.53. The summed E-state index contributed by atoms with van der Waals surface area (Å²) in [4.78, 5) is 22.7. The van der Waals surface area contributed by atoms with E-state index in [4.69, 9.17) is 4.74 Å². The number of unbranched alkanes of at least 4 members (excludes halogenated alkanes) is 1. The molecule has 0 spiro atoms. The predicted molar refractivity (Wildman–Crippen MR) is 87.7 cm³/mol. The zero-order valence-corrected chi connectivity index (χ0v) is 13.4. The fourth-order valence-corrected chi connectivity index (χ4v) is 2.21. The third kappa shape index (κ3) is 7.32. The van der Waals surface area contributed by atoms with E-state index in [1.165, 1.54) is 0 Å². The van der Waals surface area contributed by atoms with Crippen LogP contribution in [-0.2, 0) is 14.3 Å². The number of rotatable bonds is 10. The molecule has 1 aromatic carbocycles. The fourth-order valence-electron chi connectivity index (χ4n) is 2.02. The van der Waals surface area contributed by atoms with Crippen molar-refractivity contribution in [1.29, 1.82) is 0 Å². The second kappa shape index (κ2) is 10.4. The first-order chi connectivity index (χ1) is 10.2. The van der Waals surface area contributed by atoms with E-state index in [0.717, 1.165) is 37.5 Å². The van der Waals surface area contributed by atoms with Crippen molar-refractivity contribution in [2.45, 2.75) is 50.2 Å². The highest BCUT2D eigenvalue weighted by Gasteiger charge is 2.13. The van der Waals surface area contributed by atoms with Crippen molar-refractivity contribution in [3.8, 4) is 0 Å². The Hall–Kier alpha value is -1.29. The Morgan fingerprint density at radius 2 is 2.00 bits per heavy atom. The first-order valence-corrected chi connectivity index (χ1v) is 8.03. The summed E-state index contributed by atoms with van der Waals surface area (Å²) >= 11 is 4.42. The normalized spacial score (nSPS) is 13.4. The Kier molecular flexibility index (Phi) is 8.83. The van der Waals surface area contributed by atoms with Gasteiger partial charge in [0.25, 0.3) is 0 Å². The molecule has 0 N–H and O–H groups in total. The number of ether oxygens (including phenoxy) is 1. The lowest BCUT2D eigenvalue weighted by Gasteiger charge is -2.11. The topological polar surface area (TPSA) is 43.4 Å². The van der Waals surface area contributed by atoms with Crippen molar-refractivity contribution < 1.29 is 14.3 Å². The minimum Gasteiger partial charge on any atom is -0.465 e. The third-order valence-electron chi connectivity index (χ3n) is 3.46. The van der Waals surface area contributed by atoms with Crippen LogP contribution >= 0.6 is 12.6 Å². The predicted octanol–water partition coefficient (Wildman–Crippen LogP) is 3.78. The number of hydrogen-bond donors (Lipinski definition) is 1. The van der Waals surface area contributed by atoms with Crippen LogP contribution in [0.3, 0.4) is 0 Å². The summed E-state index contributed by atoms with van der Waals surface area (Å²) in [6.45, 7) is 2.23. The molecule has 1 rings (SSSR count). The second-order valence-electron chi connectivity index (χ2n) is 5.14. The van der Waals surface area contributed by atoms with Gasteiger partial charge in [-0.25, -0.2) is 0 Å². The van der Waals surface area contributed by atoms with Crippen LogP contribution in [0, 0.1) is 0 Å². The van der Waals surface area contributed by atoms with E-state index in [1.807, 2.05) is 30.3 Å². The van der Waals surface area contributed by atoms with Gasteiger partial charge in [-0.3, -0.25) is 4.79 Å². The zero-order chi connectivity index (χ0) is 15.5. The average molecular weight is 308 g/mol. The molecule has 3 nitrogen and oxygen atoms in total. The number of aldehydes is 1. The van der Waals surface area contributed by atoms with Gasteiger partial charge < -0.3 is 9.53 Å². The van der Waals surface area contributed by atoms with Crippen molar-refractivity contribution in [3.05, 3.63) is 35.9 Å². The van der Waals surface area contributed by atoms with Gasteiger partial charge in [0.2, 0.25) is 0 Å². The van der Waals surface area contributed by atoms with Crippen LogP contribution in [-0.4, -0.2) is 24.1 Å². The van der Waals surface area contributed by atoms with Crippen molar-refractivity contribution in [2.75, 3.05) is 6.61 Å². The first kappa shape index (κ1) is 17.8. The summed E-state index contributed by atoms with van der Waals surface area (Å²) < 4.78 is 5.19. The molecule has 1 aromatic rings. The molecule has 4 heteroatoms. The monoisotopic (exact) mass is 308 g/mol.